The van der Waals surface area contributed by atoms with Gasteiger partial charge in [0.2, 0.25) is 10.0 Å². The van der Waals surface area contributed by atoms with Crippen molar-refractivity contribution >= 4 is 27.4 Å². The van der Waals surface area contributed by atoms with Gasteiger partial charge in [-0.15, -0.1) is 0 Å². The number of likely N-dealkylation sites (N-methyl/N-ethyl adjacent to an activating group) is 1. The van der Waals surface area contributed by atoms with Crippen molar-refractivity contribution in [1.29, 1.82) is 0 Å². The predicted molar refractivity (Wildman–Crippen MR) is 155 cm³/mol. The maximum Gasteiger partial charge on any atom is 0.211 e. The Labute approximate surface area is 240 Å². The zero-order valence-electron chi connectivity index (χ0n) is 23.7. The molecule has 0 radical (unpaired) electrons. The first kappa shape index (κ1) is 30.2. The van der Waals surface area contributed by atoms with E-state index < -0.39 is 16.1 Å². The molecule has 1 aliphatic rings. The van der Waals surface area contributed by atoms with E-state index in [0.717, 1.165) is 11.1 Å². The Morgan fingerprint density at radius 1 is 1.25 bits per heavy atom. The number of halogens is 1. The second-order valence-electron chi connectivity index (χ2n) is 10.1. The number of sulfonamides is 1. The molecule has 218 valence electrons. The largest absolute Gasteiger partial charge is 0.491 e. The highest BCUT2D eigenvalue weighted by atomic mass is 35.5. The maximum atomic E-state index is 12.4. The number of aliphatic hydroxyl groups excluding tert-OH is 1. The highest BCUT2D eigenvalue weighted by Gasteiger charge is 2.34. The zero-order chi connectivity index (χ0) is 29.2. The molecule has 0 spiro atoms. The standard InChI is InChI=1S/C27H37ClN6O5S/c1-7-19-14-33(10-11-34(19)40(6,36)37)27-16(2)25(24-17(3)32-39-18(24)4)30-26(31-27)22-12-21(8-9-23(22)28)38-15-20(35)13-29-5/h8-9,12,19-20,29,35H,7,10-11,13-15H2,1-6H3/t19-,20-/m1/s1. The number of ether oxygens (including phenoxy) is 1. The van der Waals surface area contributed by atoms with Crippen molar-refractivity contribution in [2.45, 2.75) is 46.3 Å². The van der Waals surface area contributed by atoms with Crippen LogP contribution in [0.15, 0.2) is 22.7 Å². The summed E-state index contributed by atoms with van der Waals surface area (Å²) in [6.07, 6.45) is 1.25. The number of nitrogens with one attached hydrogen (secondary N) is 1. The molecule has 2 aromatic heterocycles. The summed E-state index contributed by atoms with van der Waals surface area (Å²) < 4.78 is 37.7. The molecule has 0 saturated carbocycles. The Morgan fingerprint density at radius 2 is 2.00 bits per heavy atom. The summed E-state index contributed by atoms with van der Waals surface area (Å²) in [6.45, 7) is 9.47. The Kier molecular flexibility index (Phi) is 9.36. The van der Waals surface area contributed by atoms with E-state index in [1.54, 1.807) is 29.6 Å². The third-order valence-corrected chi connectivity index (χ3v) is 8.74. The summed E-state index contributed by atoms with van der Waals surface area (Å²) in [4.78, 5) is 12.0. The van der Waals surface area contributed by atoms with Gasteiger partial charge in [-0.3, -0.25) is 0 Å². The van der Waals surface area contributed by atoms with Crippen molar-refractivity contribution in [3.05, 3.63) is 40.2 Å². The van der Waals surface area contributed by atoms with Gasteiger partial charge in [-0.25, -0.2) is 18.4 Å². The van der Waals surface area contributed by atoms with E-state index in [1.807, 2.05) is 27.7 Å². The molecule has 1 saturated heterocycles. The summed E-state index contributed by atoms with van der Waals surface area (Å²) in [6, 6.07) is 5.02. The smallest absolute Gasteiger partial charge is 0.211 e. The minimum atomic E-state index is -3.33. The average molecular weight is 593 g/mol. The molecule has 0 bridgehead atoms. The fourth-order valence-corrected chi connectivity index (χ4v) is 6.42. The minimum absolute atomic E-state index is 0.106. The lowest BCUT2D eigenvalue weighted by molar-refractivity contribution is 0.108. The van der Waals surface area contributed by atoms with Crippen LogP contribution in [0.25, 0.3) is 22.6 Å². The van der Waals surface area contributed by atoms with Crippen LogP contribution in [0.3, 0.4) is 0 Å². The van der Waals surface area contributed by atoms with Crippen molar-refractivity contribution in [3.8, 4) is 28.4 Å². The Bertz CT molecular complexity index is 1440. The second kappa shape index (κ2) is 12.4. The molecule has 1 fully saturated rings. The quantitative estimate of drug-likeness (QED) is 0.361. The molecule has 1 aromatic carbocycles. The molecule has 13 heteroatoms. The predicted octanol–water partition coefficient (Wildman–Crippen LogP) is 3.20. The van der Waals surface area contributed by atoms with E-state index >= 15 is 0 Å². The van der Waals surface area contributed by atoms with Gasteiger partial charge in [0.05, 0.1) is 28.2 Å². The van der Waals surface area contributed by atoms with Gasteiger partial charge in [-0.05, 0) is 52.4 Å². The second-order valence-corrected chi connectivity index (χ2v) is 12.4. The van der Waals surface area contributed by atoms with Gasteiger partial charge >= 0.3 is 0 Å². The van der Waals surface area contributed by atoms with Crippen LogP contribution in [-0.2, 0) is 10.0 Å². The average Bonchev–Trinajstić information content (AvgIpc) is 3.25. The van der Waals surface area contributed by atoms with Gasteiger partial charge in [-0.2, -0.15) is 4.31 Å². The van der Waals surface area contributed by atoms with Gasteiger partial charge in [0, 0.05) is 43.3 Å². The van der Waals surface area contributed by atoms with Crippen molar-refractivity contribution in [2.75, 3.05) is 51.0 Å². The lowest BCUT2D eigenvalue weighted by Gasteiger charge is -2.40. The van der Waals surface area contributed by atoms with E-state index in [-0.39, 0.29) is 12.6 Å². The fraction of sp³-hybridized carbons (Fsp3) is 0.519. The first-order chi connectivity index (χ1) is 18.9. The van der Waals surface area contributed by atoms with Crippen molar-refractivity contribution in [3.63, 3.8) is 0 Å². The highest BCUT2D eigenvalue weighted by molar-refractivity contribution is 7.88. The summed E-state index contributed by atoms with van der Waals surface area (Å²) in [5.41, 5.74) is 3.55. The SMILES string of the molecule is CC[C@@H]1CN(c2nc(-c3cc(OC[C@H](O)CNC)ccc3Cl)nc(-c3c(C)noc3C)c2C)CCN1S(C)(=O)=O. The molecule has 0 unspecified atom stereocenters. The first-order valence-corrected chi connectivity index (χ1v) is 15.5. The molecule has 0 aliphatic carbocycles. The Hall–Kier alpha value is -2.77. The summed E-state index contributed by atoms with van der Waals surface area (Å²) in [7, 11) is -1.57. The molecule has 11 nitrogen and oxygen atoms in total. The summed E-state index contributed by atoms with van der Waals surface area (Å²) in [5.74, 6) is 2.23. The normalized spacial score (nSPS) is 17.3. The van der Waals surface area contributed by atoms with Gasteiger partial charge in [-0.1, -0.05) is 23.7 Å². The molecule has 3 aromatic rings. The van der Waals surface area contributed by atoms with Crippen molar-refractivity contribution < 1.29 is 22.8 Å². The van der Waals surface area contributed by atoms with Crippen LogP contribution in [-0.4, -0.2) is 91.2 Å². The van der Waals surface area contributed by atoms with Crippen LogP contribution >= 0.6 is 11.6 Å². The van der Waals surface area contributed by atoms with Crippen LogP contribution in [0, 0.1) is 20.8 Å². The van der Waals surface area contributed by atoms with E-state index in [9.17, 15) is 13.5 Å². The minimum Gasteiger partial charge on any atom is -0.491 e. The number of nitrogens with zero attached hydrogens (tertiary/aromatic N) is 5. The van der Waals surface area contributed by atoms with Crippen LogP contribution in [0.1, 0.15) is 30.4 Å². The number of aliphatic hydroxyl groups is 1. The first-order valence-electron chi connectivity index (χ1n) is 13.2. The van der Waals surface area contributed by atoms with E-state index in [1.165, 1.54) is 6.26 Å². The molecule has 1 aliphatic heterocycles. The molecule has 0 amide bonds. The number of hydrogen-bond acceptors (Lipinski definition) is 10. The molecular weight excluding hydrogens is 556 g/mol. The third-order valence-electron chi connectivity index (χ3n) is 7.08. The number of rotatable bonds is 10. The van der Waals surface area contributed by atoms with Gasteiger partial charge in [0.1, 0.15) is 30.0 Å². The fourth-order valence-electron chi connectivity index (χ4n) is 5.05. The molecule has 4 rings (SSSR count). The molecule has 2 N–H and O–H groups in total. The molecule has 40 heavy (non-hydrogen) atoms. The number of anilines is 1. The number of hydrogen-bond donors (Lipinski definition) is 2. The van der Waals surface area contributed by atoms with Gasteiger partial charge in [0.15, 0.2) is 5.82 Å². The number of benzene rings is 1. The number of aromatic nitrogens is 3. The number of aryl methyl sites for hydroxylation is 2. The van der Waals surface area contributed by atoms with Crippen molar-refractivity contribution in [2.24, 2.45) is 0 Å². The monoisotopic (exact) mass is 592 g/mol. The van der Waals surface area contributed by atoms with Gasteiger partial charge in [0.25, 0.3) is 0 Å². The third kappa shape index (κ3) is 6.41. The van der Waals surface area contributed by atoms with Crippen LogP contribution in [0.5, 0.6) is 5.75 Å². The molecular formula is C27H37ClN6O5S. The Balaban J connectivity index is 1.81. The van der Waals surface area contributed by atoms with Crippen LogP contribution in [0.2, 0.25) is 5.02 Å². The molecule has 3 heterocycles. The summed E-state index contributed by atoms with van der Waals surface area (Å²) in [5, 5.41) is 17.6. The van der Waals surface area contributed by atoms with Gasteiger partial charge < -0.3 is 24.6 Å². The number of piperazine rings is 1. The highest BCUT2D eigenvalue weighted by Crippen LogP contribution is 2.37. The van der Waals surface area contributed by atoms with E-state index in [2.05, 4.69) is 15.4 Å². The maximum absolute atomic E-state index is 12.4. The summed E-state index contributed by atoms with van der Waals surface area (Å²) >= 11 is 6.66. The van der Waals surface area contributed by atoms with Crippen LogP contribution in [0.4, 0.5) is 5.82 Å². The van der Waals surface area contributed by atoms with E-state index in [0.29, 0.717) is 77.7 Å². The zero-order valence-corrected chi connectivity index (χ0v) is 25.3. The van der Waals surface area contributed by atoms with Crippen LogP contribution < -0.4 is 15.0 Å². The topological polar surface area (TPSA) is 134 Å². The lowest BCUT2D eigenvalue weighted by Crippen LogP contribution is -2.55. The Morgan fingerprint density at radius 3 is 2.62 bits per heavy atom. The lowest BCUT2D eigenvalue weighted by atomic mass is 10.0. The molecule has 2 atom stereocenters. The van der Waals surface area contributed by atoms with Crippen molar-refractivity contribution in [1.82, 2.24) is 24.7 Å². The van der Waals surface area contributed by atoms with E-state index in [4.69, 9.17) is 30.8 Å².